The molecule has 0 spiro atoms. The van der Waals surface area contributed by atoms with Gasteiger partial charge < -0.3 is 0 Å². The third kappa shape index (κ3) is 1.96. The Morgan fingerprint density at radius 1 is 1.19 bits per heavy atom. The highest BCUT2D eigenvalue weighted by Gasteiger charge is 2.44. The number of benzene rings is 1. The minimum absolute atomic E-state index is 0.0713. The standard InChI is InChI=1S/C15H13N3O3/c1-9-8-11(13(19)10-6-4-3-5-7-10)12-14(20)17(2)15(21)18(12)16-9/h3-7H,8H2,1-2H3. The molecule has 2 aliphatic rings. The van der Waals surface area contributed by atoms with Crippen molar-refractivity contribution in [3.05, 3.63) is 47.2 Å². The van der Waals surface area contributed by atoms with Crippen LogP contribution in [0.2, 0.25) is 0 Å². The van der Waals surface area contributed by atoms with Crippen LogP contribution < -0.4 is 0 Å². The van der Waals surface area contributed by atoms with Crippen LogP contribution >= 0.6 is 0 Å². The third-order valence-corrected chi connectivity index (χ3v) is 3.49. The second-order valence-corrected chi connectivity index (χ2v) is 4.99. The lowest BCUT2D eigenvalue weighted by Crippen LogP contribution is -2.28. The molecule has 0 bridgehead atoms. The second-order valence-electron chi connectivity index (χ2n) is 4.99. The molecule has 0 radical (unpaired) electrons. The van der Waals surface area contributed by atoms with Crippen molar-refractivity contribution >= 4 is 23.4 Å². The van der Waals surface area contributed by atoms with Gasteiger partial charge in [0.25, 0.3) is 5.91 Å². The lowest BCUT2D eigenvalue weighted by molar-refractivity contribution is -0.122. The van der Waals surface area contributed by atoms with E-state index in [1.807, 2.05) is 6.07 Å². The largest absolute Gasteiger partial charge is 0.352 e. The highest BCUT2D eigenvalue weighted by atomic mass is 16.2. The summed E-state index contributed by atoms with van der Waals surface area (Å²) in [4.78, 5) is 37.8. The van der Waals surface area contributed by atoms with Crippen LogP contribution in [0.5, 0.6) is 0 Å². The number of hydrazone groups is 1. The fraction of sp³-hybridized carbons (Fsp3) is 0.200. The Kier molecular flexibility index (Phi) is 2.94. The number of carbonyl (C=O) groups excluding carboxylic acids is 3. The predicted octanol–water partition coefficient (Wildman–Crippen LogP) is 1.80. The maximum absolute atomic E-state index is 12.6. The van der Waals surface area contributed by atoms with Crippen LogP contribution in [-0.2, 0) is 4.79 Å². The van der Waals surface area contributed by atoms with E-state index in [-0.39, 0.29) is 17.9 Å². The summed E-state index contributed by atoms with van der Waals surface area (Å²) in [6.45, 7) is 1.73. The van der Waals surface area contributed by atoms with Crippen LogP contribution in [0.25, 0.3) is 0 Å². The van der Waals surface area contributed by atoms with Crippen LogP contribution in [0.3, 0.4) is 0 Å². The highest BCUT2D eigenvalue weighted by molar-refractivity contribution is 6.21. The number of carbonyl (C=O) groups is 3. The molecular formula is C15H13N3O3. The van der Waals surface area contributed by atoms with Crippen LogP contribution in [0, 0.1) is 0 Å². The van der Waals surface area contributed by atoms with E-state index in [0.717, 1.165) is 9.91 Å². The van der Waals surface area contributed by atoms with Gasteiger partial charge in [-0.2, -0.15) is 10.1 Å². The molecule has 0 aromatic heterocycles. The fourth-order valence-electron chi connectivity index (χ4n) is 2.42. The summed E-state index contributed by atoms with van der Waals surface area (Å²) in [6, 6.07) is 8.17. The van der Waals surface area contributed by atoms with Crippen LogP contribution in [0.4, 0.5) is 4.79 Å². The summed E-state index contributed by atoms with van der Waals surface area (Å²) >= 11 is 0. The predicted molar refractivity (Wildman–Crippen MR) is 75.5 cm³/mol. The minimum Gasteiger partial charge on any atom is -0.289 e. The van der Waals surface area contributed by atoms with Crippen molar-refractivity contribution in [3.63, 3.8) is 0 Å². The molecule has 1 aromatic rings. The molecule has 2 heterocycles. The number of likely N-dealkylation sites (N-methyl/N-ethyl adjacent to an activating group) is 1. The number of imide groups is 1. The van der Waals surface area contributed by atoms with Crippen molar-refractivity contribution in [1.29, 1.82) is 0 Å². The summed E-state index contributed by atoms with van der Waals surface area (Å²) in [5.74, 6) is -0.739. The Morgan fingerprint density at radius 3 is 2.52 bits per heavy atom. The SMILES string of the molecule is CC1=NN2C(=O)N(C)C(=O)C2=C(C(=O)c2ccccc2)C1. The van der Waals surface area contributed by atoms with Gasteiger partial charge in [0.05, 0.1) is 0 Å². The van der Waals surface area contributed by atoms with E-state index in [4.69, 9.17) is 0 Å². The van der Waals surface area contributed by atoms with Crippen molar-refractivity contribution in [2.24, 2.45) is 5.10 Å². The van der Waals surface area contributed by atoms with Gasteiger partial charge in [-0.05, 0) is 6.92 Å². The summed E-state index contributed by atoms with van der Waals surface area (Å²) in [5, 5.41) is 5.11. The van der Waals surface area contributed by atoms with Gasteiger partial charge in [0.15, 0.2) is 5.78 Å². The molecule has 6 nitrogen and oxygen atoms in total. The number of fused-ring (bicyclic) bond motifs is 1. The summed E-state index contributed by atoms with van der Waals surface area (Å²) < 4.78 is 0. The zero-order valence-electron chi connectivity index (χ0n) is 11.7. The molecule has 0 saturated carbocycles. The van der Waals surface area contributed by atoms with Crippen molar-refractivity contribution < 1.29 is 14.4 Å². The first-order valence-electron chi connectivity index (χ1n) is 6.50. The zero-order chi connectivity index (χ0) is 15.1. The van der Waals surface area contributed by atoms with E-state index in [1.54, 1.807) is 31.2 Å². The van der Waals surface area contributed by atoms with Crippen molar-refractivity contribution in [2.45, 2.75) is 13.3 Å². The Labute approximate surface area is 121 Å². The molecular weight excluding hydrogens is 270 g/mol. The average molecular weight is 283 g/mol. The highest BCUT2D eigenvalue weighted by Crippen LogP contribution is 2.30. The first-order chi connectivity index (χ1) is 10.0. The van der Waals surface area contributed by atoms with E-state index in [2.05, 4.69) is 5.10 Å². The van der Waals surface area contributed by atoms with Gasteiger partial charge in [-0.15, -0.1) is 0 Å². The molecule has 2 aliphatic heterocycles. The normalized spacial score (nSPS) is 18.1. The van der Waals surface area contributed by atoms with Crippen molar-refractivity contribution in [1.82, 2.24) is 9.91 Å². The van der Waals surface area contributed by atoms with E-state index < -0.39 is 11.9 Å². The number of nitrogens with zero attached hydrogens (tertiary/aromatic N) is 3. The van der Waals surface area contributed by atoms with Gasteiger partial charge in [0.2, 0.25) is 0 Å². The molecule has 0 aliphatic carbocycles. The second kappa shape index (κ2) is 4.66. The molecule has 21 heavy (non-hydrogen) atoms. The zero-order valence-corrected chi connectivity index (χ0v) is 11.7. The van der Waals surface area contributed by atoms with Crippen molar-refractivity contribution in [3.8, 4) is 0 Å². The number of hydrogen-bond acceptors (Lipinski definition) is 4. The molecule has 6 heteroatoms. The molecule has 0 atom stereocenters. The van der Waals surface area contributed by atoms with Crippen LogP contribution in [-0.4, -0.2) is 40.4 Å². The average Bonchev–Trinajstić information content (AvgIpc) is 2.71. The van der Waals surface area contributed by atoms with Crippen molar-refractivity contribution in [2.75, 3.05) is 7.05 Å². The number of amides is 3. The van der Waals surface area contributed by atoms with Crippen LogP contribution in [0.1, 0.15) is 23.7 Å². The van der Waals surface area contributed by atoms with Gasteiger partial charge >= 0.3 is 6.03 Å². The Balaban J connectivity index is 2.12. The minimum atomic E-state index is -0.535. The number of Topliss-reactive ketones (excluding diaryl/α,β-unsaturated/α-hetero) is 1. The smallest absolute Gasteiger partial charge is 0.289 e. The maximum Gasteiger partial charge on any atom is 0.352 e. The first-order valence-corrected chi connectivity index (χ1v) is 6.50. The summed E-state index contributed by atoms with van der Waals surface area (Å²) in [5.41, 5.74) is 1.50. The Hall–Kier alpha value is -2.76. The Morgan fingerprint density at radius 2 is 1.86 bits per heavy atom. The summed E-state index contributed by atoms with van der Waals surface area (Å²) in [7, 11) is 1.38. The number of rotatable bonds is 2. The lowest BCUT2D eigenvalue weighted by atomic mass is 9.96. The monoisotopic (exact) mass is 283 g/mol. The molecule has 3 amide bonds. The van der Waals surface area contributed by atoms with Gasteiger partial charge in [-0.1, -0.05) is 30.3 Å². The third-order valence-electron chi connectivity index (χ3n) is 3.49. The van der Waals surface area contributed by atoms with Gasteiger partial charge in [-0.25, -0.2) is 4.79 Å². The quantitative estimate of drug-likeness (QED) is 0.614. The fourth-order valence-corrected chi connectivity index (χ4v) is 2.42. The molecule has 0 unspecified atom stereocenters. The molecule has 0 N–H and O–H groups in total. The van der Waals surface area contributed by atoms with E-state index in [0.29, 0.717) is 16.8 Å². The lowest BCUT2D eigenvalue weighted by Gasteiger charge is -2.19. The Bertz CT molecular complexity index is 719. The molecule has 106 valence electrons. The van der Waals surface area contributed by atoms with E-state index in [1.165, 1.54) is 7.05 Å². The van der Waals surface area contributed by atoms with E-state index in [9.17, 15) is 14.4 Å². The number of urea groups is 1. The molecule has 3 rings (SSSR count). The molecule has 1 fully saturated rings. The van der Waals surface area contributed by atoms with E-state index >= 15 is 0 Å². The molecule has 1 saturated heterocycles. The topological polar surface area (TPSA) is 70.1 Å². The van der Waals surface area contributed by atoms with Gasteiger partial charge in [0, 0.05) is 30.3 Å². The number of allylic oxidation sites excluding steroid dienone is 1. The molecule has 1 aromatic carbocycles. The first kappa shape index (κ1) is 13.2. The van der Waals surface area contributed by atoms with Crippen LogP contribution in [0.15, 0.2) is 46.7 Å². The number of hydrogen-bond donors (Lipinski definition) is 0. The van der Waals surface area contributed by atoms with Gasteiger partial charge in [-0.3, -0.25) is 14.5 Å². The summed E-state index contributed by atoms with van der Waals surface area (Å²) in [6.07, 6.45) is 0.270. The number of ketones is 1. The maximum atomic E-state index is 12.6. The van der Waals surface area contributed by atoms with Gasteiger partial charge in [0.1, 0.15) is 5.70 Å².